The Morgan fingerprint density at radius 1 is 1.35 bits per heavy atom. The van der Waals surface area contributed by atoms with Gasteiger partial charge in [-0.3, -0.25) is 0 Å². The van der Waals surface area contributed by atoms with Crippen LogP contribution in [-0.2, 0) is 0 Å². The largest absolute Gasteiger partial charge is 0.488 e. The summed E-state index contributed by atoms with van der Waals surface area (Å²) in [6, 6.07) is 2.97. The van der Waals surface area contributed by atoms with Crippen LogP contribution in [0.2, 0.25) is 0 Å². The molecule has 3 rings (SSSR count). The van der Waals surface area contributed by atoms with Crippen molar-refractivity contribution < 1.29 is 9.13 Å². The Balaban J connectivity index is 1.89. The first kappa shape index (κ1) is 14.2. The molecule has 2 nitrogen and oxygen atoms in total. The van der Waals surface area contributed by atoms with Gasteiger partial charge in [-0.05, 0) is 52.6 Å². The summed E-state index contributed by atoms with van der Waals surface area (Å²) in [4.78, 5) is 0. The van der Waals surface area contributed by atoms with Gasteiger partial charge < -0.3 is 10.5 Å². The van der Waals surface area contributed by atoms with Crippen molar-refractivity contribution in [2.75, 3.05) is 5.73 Å². The van der Waals surface area contributed by atoms with Crippen LogP contribution in [0.1, 0.15) is 40.0 Å². The second kappa shape index (κ2) is 4.36. The highest BCUT2D eigenvalue weighted by Crippen LogP contribution is 2.66. The fraction of sp³-hybridized carbons (Fsp3) is 0.625. The van der Waals surface area contributed by atoms with E-state index in [1.165, 1.54) is 18.9 Å². The first-order chi connectivity index (χ1) is 9.25. The Bertz CT molecular complexity index is 560. The summed E-state index contributed by atoms with van der Waals surface area (Å²) in [6.45, 7) is 7.01. The molecule has 0 aromatic heterocycles. The van der Waals surface area contributed by atoms with E-state index in [2.05, 4.69) is 36.7 Å². The summed E-state index contributed by atoms with van der Waals surface area (Å²) < 4.78 is 20.0. The van der Waals surface area contributed by atoms with E-state index in [-0.39, 0.29) is 17.3 Å². The lowest BCUT2D eigenvalue weighted by molar-refractivity contribution is 0.0306. The molecule has 20 heavy (non-hydrogen) atoms. The summed E-state index contributed by atoms with van der Waals surface area (Å²) in [5, 5.41) is 0. The number of anilines is 1. The third-order valence-corrected chi connectivity index (χ3v) is 6.64. The fourth-order valence-corrected chi connectivity index (χ4v) is 4.43. The van der Waals surface area contributed by atoms with Crippen LogP contribution in [0.5, 0.6) is 5.75 Å². The van der Waals surface area contributed by atoms with E-state index in [4.69, 9.17) is 10.5 Å². The van der Waals surface area contributed by atoms with Gasteiger partial charge in [-0.15, -0.1) is 0 Å². The Morgan fingerprint density at radius 3 is 2.60 bits per heavy atom. The van der Waals surface area contributed by atoms with Crippen LogP contribution in [0, 0.1) is 22.6 Å². The number of nitrogen functional groups attached to an aromatic ring is 1. The molecule has 2 fully saturated rings. The van der Waals surface area contributed by atoms with E-state index in [0.717, 1.165) is 6.42 Å². The van der Waals surface area contributed by atoms with E-state index in [1.54, 1.807) is 6.07 Å². The van der Waals surface area contributed by atoms with E-state index < -0.39 is 0 Å². The lowest BCUT2D eigenvalue weighted by Gasteiger charge is -2.39. The number of rotatable bonds is 2. The van der Waals surface area contributed by atoms with E-state index >= 15 is 0 Å². The van der Waals surface area contributed by atoms with Gasteiger partial charge in [-0.2, -0.15) is 0 Å². The molecule has 2 saturated carbocycles. The van der Waals surface area contributed by atoms with Gasteiger partial charge in [-0.25, -0.2) is 4.39 Å². The molecule has 110 valence electrons. The summed E-state index contributed by atoms with van der Waals surface area (Å²) >= 11 is 3.20. The number of nitrogens with two attached hydrogens (primary N) is 1. The van der Waals surface area contributed by atoms with Crippen molar-refractivity contribution >= 4 is 21.6 Å². The number of fused-ring (bicyclic) bond motifs is 2. The van der Waals surface area contributed by atoms with Crippen molar-refractivity contribution in [3.8, 4) is 5.75 Å². The van der Waals surface area contributed by atoms with Gasteiger partial charge in [0.25, 0.3) is 0 Å². The molecule has 0 saturated heterocycles. The molecule has 3 atom stereocenters. The Kier molecular flexibility index (Phi) is 3.09. The Labute approximate surface area is 128 Å². The lowest BCUT2D eigenvalue weighted by atomic mass is 9.70. The molecular weight excluding hydrogens is 321 g/mol. The van der Waals surface area contributed by atoms with Gasteiger partial charge in [0.15, 0.2) is 0 Å². The maximum absolute atomic E-state index is 13.4. The zero-order chi connectivity index (χ0) is 14.7. The molecule has 3 unspecified atom stereocenters. The number of hydrogen-bond acceptors (Lipinski definition) is 2. The normalized spacial score (nSPS) is 34.5. The van der Waals surface area contributed by atoms with Crippen LogP contribution in [0.4, 0.5) is 10.1 Å². The maximum Gasteiger partial charge on any atom is 0.143 e. The molecule has 4 heteroatoms. The van der Waals surface area contributed by atoms with E-state index in [9.17, 15) is 4.39 Å². The van der Waals surface area contributed by atoms with Crippen molar-refractivity contribution in [3.63, 3.8) is 0 Å². The topological polar surface area (TPSA) is 35.2 Å². The van der Waals surface area contributed by atoms with Crippen LogP contribution in [-0.4, -0.2) is 6.10 Å². The summed E-state index contributed by atoms with van der Waals surface area (Å²) in [7, 11) is 0. The summed E-state index contributed by atoms with van der Waals surface area (Å²) in [6.07, 6.45) is 3.71. The van der Waals surface area contributed by atoms with E-state index in [0.29, 0.717) is 27.2 Å². The molecular formula is C16H21BrFNO. The molecule has 2 bridgehead atoms. The van der Waals surface area contributed by atoms with Crippen LogP contribution in [0.3, 0.4) is 0 Å². The van der Waals surface area contributed by atoms with Gasteiger partial charge in [-0.1, -0.05) is 20.8 Å². The molecule has 0 amide bonds. The smallest absolute Gasteiger partial charge is 0.143 e. The third-order valence-electron chi connectivity index (χ3n) is 6.04. The van der Waals surface area contributed by atoms with Crippen LogP contribution in [0.25, 0.3) is 0 Å². The first-order valence-electron chi connectivity index (χ1n) is 7.17. The van der Waals surface area contributed by atoms with Crippen molar-refractivity contribution in [1.29, 1.82) is 0 Å². The molecule has 1 aromatic rings. The minimum atomic E-state index is -0.352. The predicted octanol–water partition coefficient (Wildman–Crippen LogP) is 4.76. The van der Waals surface area contributed by atoms with Crippen LogP contribution >= 0.6 is 15.9 Å². The van der Waals surface area contributed by atoms with Gasteiger partial charge in [0.2, 0.25) is 0 Å². The highest BCUT2D eigenvalue weighted by atomic mass is 79.9. The average Bonchev–Trinajstić information content (AvgIpc) is 2.69. The summed E-state index contributed by atoms with van der Waals surface area (Å²) in [5.74, 6) is 0.949. The second-order valence-electron chi connectivity index (χ2n) is 7.02. The third kappa shape index (κ3) is 1.80. The predicted molar refractivity (Wildman–Crippen MR) is 82.2 cm³/mol. The maximum atomic E-state index is 13.4. The van der Waals surface area contributed by atoms with Crippen molar-refractivity contribution in [3.05, 3.63) is 22.4 Å². The summed E-state index contributed by atoms with van der Waals surface area (Å²) in [5.41, 5.74) is 6.73. The minimum absolute atomic E-state index is 0.163. The van der Waals surface area contributed by atoms with Gasteiger partial charge in [0, 0.05) is 11.5 Å². The number of halogens is 2. The molecule has 0 spiro atoms. The minimum Gasteiger partial charge on any atom is -0.488 e. The van der Waals surface area contributed by atoms with Crippen molar-refractivity contribution in [1.82, 2.24) is 0 Å². The Hall–Kier alpha value is -0.770. The van der Waals surface area contributed by atoms with Crippen LogP contribution < -0.4 is 10.5 Å². The molecule has 2 aliphatic rings. The van der Waals surface area contributed by atoms with Gasteiger partial charge >= 0.3 is 0 Å². The fourth-order valence-electron chi connectivity index (χ4n) is 4.11. The monoisotopic (exact) mass is 341 g/mol. The quantitative estimate of drug-likeness (QED) is 0.786. The molecule has 0 aliphatic heterocycles. The SMILES string of the molecule is CC1(C)C2CCC1(C)C(Oc1cc(Br)c(F)cc1N)C2. The molecule has 0 radical (unpaired) electrons. The standard InChI is InChI=1S/C16H21BrFNO/c1-15(2)9-4-5-16(15,3)14(6-9)20-13-7-10(17)11(18)8-12(13)19/h7-9,14H,4-6,19H2,1-3H3. The second-order valence-corrected chi connectivity index (χ2v) is 7.88. The average molecular weight is 342 g/mol. The molecule has 1 aromatic carbocycles. The number of benzene rings is 1. The van der Waals surface area contributed by atoms with Crippen molar-refractivity contribution in [2.24, 2.45) is 16.7 Å². The molecule has 2 N–H and O–H groups in total. The molecule has 2 aliphatic carbocycles. The lowest BCUT2D eigenvalue weighted by Crippen LogP contribution is -2.39. The van der Waals surface area contributed by atoms with E-state index in [1.807, 2.05) is 0 Å². The van der Waals surface area contributed by atoms with Gasteiger partial charge in [0.1, 0.15) is 17.7 Å². The highest BCUT2D eigenvalue weighted by Gasteiger charge is 2.62. The number of hydrogen-bond donors (Lipinski definition) is 1. The van der Waals surface area contributed by atoms with Crippen molar-refractivity contribution in [2.45, 2.75) is 46.1 Å². The Morgan fingerprint density at radius 2 is 2.05 bits per heavy atom. The zero-order valence-electron chi connectivity index (χ0n) is 12.2. The number of ether oxygens (including phenoxy) is 1. The zero-order valence-corrected chi connectivity index (χ0v) is 13.8. The molecule has 0 heterocycles. The first-order valence-corrected chi connectivity index (χ1v) is 7.96. The van der Waals surface area contributed by atoms with Gasteiger partial charge in [0.05, 0.1) is 10.2 Å². The highest BCUT2D eigenvalue weighted by molar-refractivity contribution is 9.10. The van der Waals surface area contributed by atoms with Crippen LogP contribution in [0.15, 0.2) is 16.6 Å².